The van der Waals surface area contributed by atoms with Crippen molar-refractivity contribution in [2.24, 2.45) is 11.8 Å². The lowest BCUT2D eigenvalue weighted by Gasteiger charge is -2.55. The summed E-state index contributed by atoms with van der Waals surface area (Å²) in [7, 11) is 1.73. The molecule has 1 heterocycles. The maximum Gasteiger partial charge on any atom is 0.118 e. The highest BCUT2D eigenvalue weighted by molar-refractivity contribution is 5.33. The predicted octanol–water partition coefficient (Wildman–Crippen LogP) is 4.15. The van der Waals surface area contributed by atoms with Gasteiger partial charge in [0.05, 0.1) is 7.11 Å². The second kappa shape index (κ2) is 6.94. The molecule has 2 aliphatic carbocycles. The van der Waals surface area contributed by atoms with E-state index in [0.717, 1.165) is 24.1 Å². The van der Waals surface area contributed by atoms with Crippen LogP contribution in [0.2, 0.25) is 0 Å². The highest BCUT2D eigenvalue weighted by Crippen LogP contribution is 2.54. The van der Waals surface area contributed by atoms with Crippen LogP contribution in [0.25, 0.3) is 0 Å². The number of rotatable bonds is 5. The lowest BCUT2D eigenvalue weighted by atomic mass is 9.53. The summed E-state index contributed by atoms with van der Waals surface area (Å²) in [6, 6.07) is 13.5. The van der Waals surface area contributed by atoms with E-state index in [4.69, 9.17) is 4.74 Å². The minimum atomic E-state index is 0.587. The SMILES string of the molecule is COc1ccc([C@H]2[C@@H]3CCCC[C@H]3[C@@H]2NCc2cccnc2)cc1. The number of aromatic nitrogens is 1. The van der Waals surface area contributed by atoms with E-state index in [9.17, 15) is 0 Å². The summed E-state index contributed by atoms with van der Waals surface area (Å²) in [5.41, 5.74) is 2.73. The van der Waals surface area contributed by atoms with Gasteiger partial charge in [0.25, 0.3) is 0 Å². The van der Waals surface area contributed by atoms with E-state index in [1.54, 1.807) is 7.11 Å². The van der Waals surface area contributed by atoms with Crippen molar-refractivity contribution in [1.29, 1.82) is 0 Å². The Morgan fingerprint density at radius 3 is 2.58 bits per heavy atom. The zero-order valence-electron chi connectivity index (χ0n) is 14.3. The summed E-state index contributed by atoms with van der Waals surface area (Å²) in [6.45, 7) is 0.911. The van der Waals surface area contributed by atoms with Crippen molar-refractivity contribution >= 4 is 0 Å². The monoisotopic (exact) mass is 322 g/mol. The summed E-state index contributed by atoms with van der Waals surface area (Å²) >= 11 is 0. The van der Waals surface area contributed by atoms with E-state index >= 15 is 0 Å². The van der Waals surface area contributed by atoms with Gasteiger partial charge < -0.3 is 10.1 Å². The predicted molar refractivity (Wildman–Crippen MR) is 96.0 cm³/mol. The molecule has 1 N–H and O–H groups in total. The van der Waals surface area contributed by atoms with E-state index < -0.39 is 0 Å². The van der Waals surface area contributed by atoms with Gasteiger partial charge in [-0.15, -0.1) is 0 Å². The van der Waals surface area contributed by atoms with Crippen LogP contribution in [-0.4, -0.2) is 18.1 Å². The number of pyridine rings is 1. The van der Waals surface area contributed by atoms with Gasteiger partial charge in [-0.25, -0.2) is 0 Å². The van der Waals surface area contributed by atoms with Crippen LogP contribution in [0.1, 0.15) is 42.7 Å². The number of fused-ring (bicyclic) bond motifs is 1. The molecule has 2 fully saturated rings. The van der Waals surface area contributed by atoms with Crippen LogP contribution in [0, 0.1) is 11.8 Å². The third kappa shape index (κ3) is 2.93. The van der Waals surface area contributed by atoms with Gasteiger partial charge >= 0.3 is 0 Å². The van der Waals surface area contributed by atoms with Gasteiger partial charge in [-0.2, -0.15) is 0 Å². The Kier molecular flexibility index (Phi) is 4.52. The lowest BCUT2D eigenvalue weighted by molar-refractivity contribution is 0.0254. The van der Waals surface area contributed by atoms with Crippen LogP contribution in [0.5, 0.6) is 5.75 Å². The summed E-state index contributed by atoms with van der Waals surface area (Å²) in [5, 5.41) is 3.84. The maximum atomic E-state index is 5.32. The number of nitrogens with one attached hydrogen (secondary N) is 1. The van der Waals surface area contributed by atoms with Crippen molar-refractivity contribution in [3.63, 3.8) is 0 Å². The average molecular weight is 322 g/mol. The molecular weight excluding hydrogens is 296 g/mol. The van der Waals surface area contributed by atoms with Gasteiger partial charge in [0, 0.05) is 30.9 Å². The van der Waals surface area contributed by atoms with Crippen LogP contribution in [-0.2, 0) is 6.54 Å². The largest absolute Gasteiger partial charge is 0.497 e. The van der Waals surface area contributed by atoms with Crippen molar-refractivity contribution in [1.82, 2.24) is 10.3 Å². The topological polar surface area (TPSA) is 34.1 Å². The summed E-state index contributed by atoms with van der Waals surface area (Å²) < 4.78 is 5.32. The van der Waals surface area contributed by atoms with Gasteiger partial charge in [-0.3, -0.25) is 4.98 Å². The molecule has 2 aromatic rings. The first-order chi connectivity index (χ1) is 11.9. The highest BCUT2D eigenvalue weighted by Gasteiger charge is 2.50. The molecule has 0 amide bonds. The van der Waals surface area contributed by atoms with Crippen molar-refractivity contribution < 1.29 is 4.74 Å². The van der Waals surface area contributed by atoms with Crippen LogP contribution >= 0.6 is 0 Å². The number of ether oxygens (including phenoxy) is 1. The van der Waals surface area contributed by atoms with Gasteiger partial charge in [-0.1, -0.05) is 31.0 Å². The Morgan fingerprint density at radius 1 is 1.08 bits per heavy atom. The normalized spacial score (nSPS) is 28.7. The second-order valence-corrected chi connectivity index (χ2v) is 7.18. The molecule has 0 bridgehead atoms. The molecule has 1 aromatic carbocycles. The van der Waals surface area contributed by atoms with Crippen LogP contribution < -0.4 is 10.1 Å². The van der Waals surface area contributed by atoms with Gasteiger partial charge in [0.2, 0.25) is 0 Å². The highest BCUT2D eigenvalue weighted by atomic mass is 16.5. The number of nitrogens with zero attached hydrogens (tertiary/aromatic N) is 1. The fourth-order valence-electron chi connectivity index (χ4n) is 4.76. The molecule has 126 valence electrons. The zero-order chi connectivity index (χ0) is 16.4. The summed E-state index contributed by atoms with van der Waals surface area (Å²) in [5.74, 6) is 3.26. The molecule has 1 aromatic heterocycles. The molecule has 2 saturated carbocycles. The smallest absolute Gasteiger partial charge is 0.118 e. The van der Waals surface area contributed by atoms with E-state index in [1.807, 2.05) is 18.5 Å². The molecule has 2 aliphatic rings. The first-order valence-electron chi connectivity index (χ1n) is 9.13. The molecule has 0 radical (unpaired) electrons. The number of hydrogen-bond donors (Lipinski definition) is 1. The second-order valence-electron chi connectivity index (χ2n) is 7.18. The van der Waals surface area contributed by atoms with Gasteiger partial charge in [-0.05, 0) is 54.0 Å². The average Bonchev–Trinajstić information content (AvgIpc) is 2.64. The first kappa shape index (κ1) is 15.6. The van der Waals surface area contributed by atoms with Crippen LogP contribution in [0.4, 0.5) is 0 Å². The molecule has 24 heavy (non-hydrogen) atoms. The van der Waals surface area contributed by atoms with Crippen LogP contribution in [0.15, 0.2) is 48.8 Å². The van der Waals surface area contributed by atoms with E-state index in [-0.39, 0.29) is 0 Å². The van der Waals surface area contributed by atoms with Crippen molar-refractivity contribution in [2.75, 3.05) is 7.11 Å². The maximum absolute atomic E-state index is 5.32. The lowest BCUT2D eigenvalue weighted by Crippen LogP contribution is -2.57. The van der Waals surface area contributed by atoms with Crippen molar-refractivity contribution in [2.45, 2.75) is 44.2 Å². The van der Waals surface area contributed by atoms with Crippen LogP contribution in [0.3, 0.4) is 0 Å². The Bertz CT molecular complexity index is 655. The fraction of sp³-hybridized carbons (Fsp3) is 0.476. The zero-order valence-corrected chi connectivity index (χ0v) is 14.3. The molecule has 4 rings (SSSR count). The van der Waals surface area contributed by atoms with Crippen molar-refractivity contribution in [3.8, 4) is 5.75 Å². The molecular formula is C21H26N2O. The first-order valence-corrected chi connectivity index (χ1v) is 9.13. The Morgan fingerprint density at radius 2 is 1.88 bits per heavy atom. The minimum Gasteiger partial charge on any atom is -0.497 e. The number of hydrogen-bond acceptors (Lipinski definition) is 3. The molecule has 4 atom stereocenters. The third-order valence-electron chi connectivity index (χ3n) is 5.95. The van der Waals surface area contributed by atoms with Crippen molar-refractivity contribution in [3.05, 3.63) is 59.9 Å². The summed E-state index contributed by atoms with van der Waals surface area (Å²) in [4.78, 5) is 4.23. The Labute approximate surface area is 144 Å². The standard InChI is InChI=1S/C21H26N2O/c1-24-17-10-8-16(9-11-17)20-18-6-2-3-7-19(18)21(20)23-14-15-5-4-12-22-13-15/h4-5,8-13,18-21,23H,2-3,6-7,14H2,1H3/t18-,19-,20+,21+/m1/s1. The quantitative estimate of drug-likeness (QED) is 0.898. The van der Waals surface area contributed by atoms with E-state index in [0.29, 0.717) is 12.0 Å². The minimum absolute atomic E-state index is 0.587. The molecule has 0 aliphatic heterocycles. The number of methoxy groups -OCH3 is 1. The molecule has 0 saturated heterocycles. The molecule has 3 heteroatoms. The van der Waals surface area contributed by atoms with Gasteiger partial charge in [0.15, 0.2) is 0 Å². The number of benzene rings is 1. The molecule has 0 unspecified atom stereocenters. The molecule has 3 nitrogen and oxygen atoms in total. The third-order valence-corrected chi connectivity index (χ3v) is 5.95. The Hall–Kier alpha value is -1.87. The summed E-state index contributed by atoms with van der Waals surface area (Å²) in [6.07, 6.45) is 9.34. The van der Waals surface area contributed by atoms with Gasteiger partial charge in [0.1, 0.15) is 5.75 Å². The van der Waals surface area contributed by atoms with E-state index in [1.165, 1.54) is 36.8 Å². The Balaban J connectivity index is 1.50. The fourth-order valence-corrected chi connectivity index (χ4v) is 4.76. The molecule has 0 spiro atoms. The van der Waals surface area contributed by atoms with E-state index in [2.05, 4.69) is 40.6 Å².